The van der Waals surface area contributed by atoms with E-state index in [1.807, 2.05) is 11.0 Å². The van der Waals surface area contributed by atoms with Crippen molar-refractivity contribution >= 4 is 17.3 Å². The van der Waals surface area contributed by atoms with E-state index in [0.29, 0.717) is 46.9 Å². The fourth-order valence-electron chi connectivity index (χ4n) is 5.16. The molecule has 1 fully saturated rings. The van der Waals surface area contributed by atoms with Gasteiger partial charge in [0, 0.05) is 36.3 Å². The molecule has 1 atom stereocenters. The number of carbonyl (C=O) groups is 2. The van der Waals surface area contributed by atoms with Gasteiger partial charge in [0.1, 0.15) is 11.6 Å². The normalized spacial score (nSPS) is 20.3. The van der Waals surface area contributed by atoms with Crippen LogP contribution in [0.25, 0.3) is 0 Å². The molecule has 0 radical (unpaired) electrons. The molecule has 3 aliphatic rings. The lowest BCUT2D eigenvalue weighted by molar-refractivity contribution is -0.385. The zero-order chi connectivity index (χ0) is 24.9. The van der Waals surface area contributed by atoms with Crippen molar-refractivity contribution in [1.29, 1.82) is 0 Å². The van der Waals surface area contributed by atoms with Crippen molar-refractivity contribution in [2.24, 2.45) is 0 Å². The van der Waals surface area contributed by atoms with Crippen LogP contribution in [0, 0.1) is 10.1 Å². The average Bonchev–Trinajstić information content (AvgIpc) is 2.93. The van der Waals surface area contributed by atoms with E-state index in [2.05, 4.69) is 5.32 Å². The number of rotatable bonds is 4. The maximum Gasteiger partial charge on any atom is 0.269 e. The van der Waals surface area contributed by atoms with Crippen LogP contribution >= 0.6 is 0 Å². The van der Waals surface area contributed by atoms with Gasteiger partial charge in [-0.05, 0) is 24.6 Å². The first kappa shape index (κ1) is 21.8. The Hall–Kier alpha value is -4.72. The van der Waals surface area contributed by atoms with Gasteiger partial charge in [-0.2, -0.15) is 0 Å². The van der Waals surface area contributed by atoms with Gasteiger partial charge in [-0.25, -0.2) is 0 Å². The van der Waals surface area contributed by atoms with Crippen LogP contribution < -0.4 is 10.1 Å². The molecule has 8 heteroatoms. The number of hydrogen-bond donors (Lipinski definition) is 1. The third-order valence-electron chi connectivity index (χ3n) is 6.77. The predicted octanol–water partition coefficient (Wildman–Crippen LogP) is 4.35. The van der Waals surface area contributed by atoms with Crippen molar-refractivity contribution in [2.45, 2.75) is 12.1 Å². The first-order valence-corrected chi connectivity index (χ1v) is 11.7. The first-order valence-electron chi connectivity index (χ1n) is 11.7. The van der Waals surface area contributed by atoms with Crippen LogP contribution in [0.2, 0.25) is 0 Å². The Morgan fingerprint density at radius 2 is 1.81 bits per heavy atom. The van der Waals surface area contributed by atoms with Gasteiger partial charge in [0.2, 0.25) is 5.72 Å². The number of allylic oxidation sites excluding steroid dienone is 2. The standard InChI is InChI=1S/C28H21N3O5/c32-25(18-8-2-1-3-9-18)22-17-23-26(33)21-12-4-5-13-24(21)36-28(23,30-15-7-14-29-27(22)30)19-10-6-11-20(16-19)31(34)35/h1-6,8-13,16-17,29H,7,14-15H2. The quantitative estimate of drug-likeness (QED) is 0.337. The van der Waals surface area contributed by atoms with Gasteiger partial charge in [-0.3, -0.25) is 19.7 Å². The van der Waals surface area contributed by atoms with E-state index in [9.17, 15) is 19.7 Å². The number of ether oxygens (including phenoxy) is 1. The molecular weight excluding hydrogens is 458 g/mol. The molecule has 0 saturated carbocycles. The third-order valence-corrected chi connectivity index (χ3v) is 6.77. The van der Waals surface area contributed by atoms with Crippen LogP contribution in [0.5, 0.6) is 5.75 Å². The summed E-state index contributed by atoms with van der Waals surface area (Å²) in [6.45, 7) is 1.11. The number of nitro groups is 1. The number of ketones is 2. The zero-order valence-electron chi connectivity index (χ0n) is 19.1. The lowest BCUT2D eigenvalue weighted by Crippen LogP contribution is -2.61. The van der Waals surface area contributed by atoms with Crippen LogP contribution in [-0.2, 0) is 5.72 Å². The van der Waals surface area contributed by atoms with Crippen molar-refractivity contribution in [3.63, 3.8) is 0 Å². The number of fused-ring (bicyclic) bond motifs is 4. The van der Waals surface area contributed by atoms with E-state index < -0.39 is 10.6 Å². The van der Waals surface area contributed by atoms with Crippen LogP contribution in [0.1, 0.15) is 32.7 Å². The van der Waals surface area contributed by atoms with Crippen molar-refractivity contribution in [2.75, 3.05) is 13.1 Å². The lowest BCUT2D eigenvalue weighted by atomic mass is 9.79. The van der Waals surface area contributed by atoms with Crippen molar-refractivity contribution < 1.29 is 19.2 Å². The number of hydrogen-bond acceptors (Lipinski definition) is 7. The van der Waals surface area contributed by atoms with E-state index in [-0.39, 0.29) is 22.8 Å². The zero-order valence-corrected chi connectivity index (χ0v) is 19.1. The minimum atomic E-state index is -1.47. The minimum Gasteiger partial charge on any atom is -0.458 e. The predicted molar refractivity (Wildman–Crippen MR) is 131 cm³/mol. The second-order valence-electron chi connectivity index (χ2n) is 8.83. The molecule has 0 aliphatic carbocycles. The van der Waals surface area contributed by atoms with Gasteiger partial charge in [-0.15, -0.1) is 0 Å². The number of carbonyl (C=O) groups excluding carboxylic acids is 2. The summed E-state index contributed by atoms with van der Waals surface area (Å²) >= 11 is 0. The van der Waals surface area contributed by atoms with Gasteiger partial charge in [0.25, 0.3) is 5.69 Å². The summed E-state index contributed by atoms with van der Waals surface area (Å²) in [4.78, 5) is 40.7. The molecule has 1 N–H and O–H groups in total. The van der Waals surface area contributed by atoms with Crippen molar-refractivity contribution in [1.82, 2.24) is 10.2 Å². The van der Waals surface area contributed by atoms with Crippen LogP contribution in [0.4, 0.5) is 5.69 Å². The summed E-state index contributed by atoms with van der Waals surface area (Å²) in [5, 5.41) is 15.0. The largest absolute Gasteiger partial charge is 0.458 e. The molecule has 36 heavy (non-hydrogen) atoms. The van der Waals surface area contributed by atoms with E-state index in [1.165, 1.54) is 12.1 Å². The Kier molecular flexibility index (Phi) is 4.96. The molecule has 178 valence electrons. The molecule has 3 aromatic rings. The monoisotopic (exact) mass is 479 g/mol. The summed E-state index contributed by atoms with van der Waals surface area (Å²) in [5.41, 5.74) is 0.333. The third kappa shape index (κ3) is 3.15. The van der Waals surface area contributed by atoms with Gasteiger partial charge < -0.3 is 15.0 Å². The molecule has 8 nitrogen and oxygen atoms in total. The molecule has 3 aromatic carbocycles. The molecule has 1 unspecified atom stereocenters. The maximum absolute atomic E-state index is 14.0. The molecule has 0 bridgehead atoms. The van der Waals surface area contributed by atoms with Crippen molar-refractivity contribution in [3.05, 3.63) is 129 Å². The maximum atomic E-state index is 14.0. The molecule has 0 spiro atoms. The Labute approximate surface area is 206 Å². The molecule has 3 aliphatic heterocycles. The summed E-state index contributed by atoms with van der Waals surface area (Å²) in [5.74, 6) is 0.412. The second kappa shape index (κ2) is 8.20. The summed E-state index contributed by atoms with van der Waals surface area (Å²) in [6.07, 6.45) is 2.32. The highest BCUT2D eigenvalue weighted by Gasteiger charge is 2.55. The minimum absolute atomic E-state index is 0.113. The highest BCUT2D eigenvalue weighted by molar-refractivity contribution is 6.17. The summed E-state index contributed by atoms with van der Waals surface area (Å²) in [6, 6.07) is 22.0. The van der Waals surface area contributed by atoms with E-state index in [1.54, 1.807) is 66.7 Å². The van der Waals surface area contributed by atoms with Gasteiger partial charge >= 0.3 is 0 Å². The molecular formula is C28H21N3O5. The Morgan fingerprint density at radius 3 is 2.61 bits per heavy atom. The second-order valence-corrected chi connectivity index (χ2v) is 8.83. The van der Waals surface area contributed by atoms with Gasteiger partial charge in [0.15, 0.2) is 11.6 Å². The first-order chi connectivity index (χ1) is 17.5. The highest BCUT2D eigenvalue weighted by Crippen LogP contribution is 2.50. The molecule has 0 amide bonds. The van der Waals surface area contributed by atoms with Crippen LogP contribution in [0.3, 0.4) is 0 Å². The SMILES string of the molecule is O=C(C1=C2NCCCN2C2(c3cccc([N+](=O)[O-])c3)Oc3ccccc3C(=O)C2=C1)c1ccccc1. The lowest BCUT2D eigenvalue weighted by Gasteiger charge is -2.52. The summed E-state index contributed by atoms with van der Waals surface area (Å²) in [7, 11) is 0. The van der Waals surface area contributed by atoms with Crippen LogP contribution in [-0.4, -0.2) is 34.5 Å². The Balaban J connectivity index is 1.63. The number of nitrogens with zero attached hydrogens (tertiary/aromatic N) is 2. The Bertz CT molecular complexity index is 1490. The molecule has 6 rings (SSSR count). The molecule has 0 aromatic heterocycles. The summed E-state index contributed by atoms with van der Waals surface area (Å²) < 4.78 is 6.65. The topological polar surface area (TPSA) is 102 Å². The van der Waals surface area contributed by atoms with E-state index >= 15 is 0 Å². The van der Waals surface area contributed by atoms with E-state index in [0.717, 1.165) is 6.42 Å². The molecule has 3 heterocycles. The number of benzene rings is 3. The smallest absolute Gasteiger partial charge is 0.269 e. The van der Waals surface area contributed by atoms with Crippen molar-refractivity contribution in [3.8, 4) is 5.75 Å². The fraction of sp³-hybridized carbons (Fsp3) is 0.143. The highest BCUT2D eigenvalue weighted by atomic mass is 16.6. The number of non-ortho nitro benzene ring substituents is 1. The van der Waals surface area contributed by atoms with Gasteiger partial charge in [-0.1, -0.05) is 54.6 Å². The number of nitrogens with one attached hydrogen (secondary N) is 1. The number of Topliss-reactive ketones (excluding diaryl/α,β-unsaturated/α-hetero) is 2. The Morgan fingerprint density at radius 1 is 1.03 bits per heavy atom. The van der Waals surface area contributed by atoms with Gasteiger partial charge in [0.05, 0.1) is 21.6 Å². The van der Waals surface area contributed by atoms with E-state index in [4.69, 9.17) is 4.74 Å². The molecule has 1 saturated heterocycles. The number of para-hydroxylation sites is 1. The average molecular weight is 479 g/mol. The number of nitro benzene ring substituents is 1. The van der Waals surface area contributed by atoms with Crippen LogP contribution in [0.15, 0.2) is 102 Å². The fourth-order valence-corrected chi connectivity index (χ4v) is 5.16.